The number of anilines is 1. The van der Waals surface area contributed by atoms with E-state index in [2.05, 4.69) is 15.6 Å². The fourth-order valence-corrected chi connectivity index (χ4v) is 2.64. The van der Waals surface area contributed by atoms with E-state index in [1.54, 1.807) is 6.07 Å². The Morgan fingerprint density at radius 3 is 2.77 bits per heavy atom. The molecule has 0 radical (unpaired) electrons. The Balaban J connectivity index is 1.63. The minimum absolute atomic E-state index is 0.0350. The van der Waals surface area contributed by atoms with Crippen LogP contribution in [0.25, 0.3) is 0 Å². The highest BCUT2D eigenvalue weighted by Gasteiger charge is 2.30. The van der Waals surface area contributed by atoms with Gasteiger partial charge in [-0.15, -0.1) is 0 Å². The summed E-state index contributed by atoms with van der Waals surface area (Å²) in [6.07, 6.45) is 0.700. The number of rotatable bonds is 3. The number of amides is 2. The Morgan fingerprint density at radius 2 is 2.00 bits per heavy atom. The summed E-state index contributed by atoms with van der Waals surface area (Å²) in [6.45, 7) is 2.53. The van der Waals surface area contributed by atoms with Crippen molar-refractivity contribution in [3.63, 3.8) is 0 Å². The standard InChI is InChI=1S/C17H19N3O2/c1-12-6-5-9-15(18-12)20-17(21)19-14-10-11-22-16(14)13-7-3-2-4-8-13/h2-9,14,16H,10-11H2,1H3,(H2,18,19,20,21)/t14-,16-/m1/s1. The van der Waals surface area contributed by atoms with Gasteiger partial charge in [-0.2, -0.15) is 0 Å². The summed E-state index contributed by atoms with van der Waals surface area (Å²) < 4.78 is 5.76. The molecule has 0 spiro atoms. The van der Waals surface area contributed by atoms with Crippen molar-refractivity contribution in [1.29, 1.82) is 0 Å². The van der Waals surface area contributed by atoms with Crippen LogP contribution in [0, 0.1) is 6.92 Å². The molecule has 5 heteroatoms. The molecule has 114 valence electrons. The number of carbonyl (C=O) groups excluding carboxylic acids is 1. The van der Waals surface area contributed by atoms with Gasteiger partial charge in [-0.05, 0) is 31.0 Å². The molecule has 1 saturated heterocycles. The first-order chi connectivity index (χ1) is 10.7. The number of aryl methyl sites for hydroxylation is 1. The molecule has 2 N–H and O–H groups in total. The lowest BCUT2D eigenvalue weighted by atomic mass is 10.0. The Bertz CT molecular complexity index is 645. The van der Waals surface area contributed by atoms with Gasteiger partial charge in [-0.3, -0.25) is 5.32 Å². The predicted molar refractivity (Wildman–Crippen MR) is 84.7 cm³/mol. The molecule has 1 fully saturated rings. The van der Waals surface area contributed by atoms with E-state index in [0.29, 0.717) is 12.4 Å². The largest absolute Gasteiger partial charge is 0.371 e. The highest BCUT2D eigenvalue weighted by atomic mass is 16.5. The molecular weight excluding hydrogens is 278 g/mol. The van der Waals surface area contributed by atoms with E-state index in [1.165, 1.54) is 0 Å². The van der Waals surface area contributed by atoms with Crippen LogP contribution >= 0.6 is 0 Å². The lowest BCUT2D eigenvalue weighted by Crippen LogP contribution is -2.39. The molecule has 2 amide bonds. The third-order valence-corrected chi connectivity index (χ3v) is 3.67. The summed E-state index contributed by atoms with van der Waals surface area (Å²) in [4.78, 5) is 16.4. The summed E-state index contributed by atoms with van der Waals surface area (Å²) in [5, 5.41) is 5.75. The van der Waals surface area contributed by atoms with E-state index >= 15 is 0 Å². The monoisotopic (exact) mass is 297 g/mol. The van der Waals surface area contributed by atoms with E-state index in [0.717, 1.165) is 17.7 Å². The highest BCUT2D eigenvalue weighted by Crippen LogP contribution is 2.28. The Labute approximate surface area is 129 Å². The van der Waals surface area contributed by atoms with Crippen LogP contribution in [0.3, 0.4) is 0 Å². The zero-order valence-electron chi connectivity index (χ0n) is 12.5. The fourth-order valence-electron chi connectivity index (χ4n) is 2.64. The van der Waals surface area contributed by atoms with Crippen molar-refractivity contribution >= 4 is 11.8 Å². The molecular formula is C17H19N3O2. The summed E-state index contributed by atoms with van der Waals surface area (Å²) in [7, 11) is 0. The third kappa shape index (κ3) is 3.43. The maximum atomic E-state index is 12.1. The number of benzene rings is 1. The molecule has 1 aliphatic rings. The van der Waals surface area contributed by atoms with Crippen LogP contribution in [0.4, 0.5) is 10.6 Å². The van der Waals surface area contributed by atoms with Crippen LogP contribution in [0.1, 0.15) is 23.8 Å². The lowest BCUT2D eigenvalue weighted by Gasteiger charge is -2.20. The van der Waals surface area contributed by atoms with Gasteiger partial charge in [0, 0.05) is 12.3 Å². The zero-order valence-corrected chi connectivity index (χ0v) is 12.5. The lowest BCUT2D eigenvalue weighted by molar-refractivity contribution is 0.100. The Hall–Kier alpha value is -2.40. The van der Waals surface area contributed by atoms with E-state index in [1.807, 2.05) is 49.4 Å². The van der Waals surface area contributed by atoms with Gasteiger partial charge in [0.2, 0.25) is 0 Å². The third-order valence-electron chi connectivity index (χ3n) is 3.67. The van der Waals surface area contributed by atoms with Crippen LogP contribution < -0.4 is 10.6 Å². The maximum Gasteiger partial charge on any atom is 0.320 e. The summed E-state index contributed by atoms with van der Waals surface area (Å²) in [5.41, 5.74) is 1.95. The van der Waals surface area contributed by atoms with Crippen molar-refractivity contribution < 1.29 is 9.53 Å². The van der Waals surface area contributed by atoms with Gasteiger partial charge < -0.3 is 10.1 Å². The van der Waals surface area contributed by atoms with Gasteiger partial charge in [0.1, 0.15) is 11.9 Å². The van der Waals surface area contributed by atoms with Gasteiger partial charge in [-0.1, -0.05) is 36.4 Å². The number of nitrogens with one attached hydrogen (secondary N) is 2. The summed E-state index contributed by atoms with van der Waals surface area (Å²) in [5.74, 6) is 0.549. The highest BCUT2D eigenvalue weighted by molar-refractivity contribution is 5.88. The molecule has 3 rings (SSSR count). The number of ether oxygens (including phenoxy) is 1. The van der Waals surface area contributed by atoms with Crippen LogP contribution in [0.15, 0.2) is 48.5 Å². The Kier molecular flexibility index (Phi) is 4.34. The molecule has 2 atom stereocenters. The van der Waals surface area contributed by atoms with Gasteiger partial charge in [-0.25, -0.2) is 9.78 Å². The van der Waals surface area contributed by atoms with Crippen LogP contribution in [0.2, 0.25) is 0 Å². The number of nitrogens with zero attached hydrogens (tertiary/aromatic N) is 1. The predicted octanol–water partition coefficient (Wildman–Crippen LogP) is 3.04. The number of aromatic nitrogens is 1. The van der Waals surface area contributed by atoms with Gasteiger partial charge in [0.05, 0.1) is 6.04 Å². The second-order valence-electron chi connectivity index (χ2n) is 5.36. The van der Waals surface area contributed by atoms with Crippen molar-refractivity contribution in [1.82, 2.24) is 10.3 Å². The number of carbonyl (C=O) groups is 1. The SMILES string of the molecule is Cc1cccc(NC(=O)N[C@@H]2CCO[C@@H]2c2ccccc2)n1. The average molecular weight is 297 g/mol. The topological polar surface area (TPSA) is 63.2 Å². The molecule has 0 bridgehead atoms. The molecule has 0 saturated carbocycles. The van der Waals surface area contributed by atoms with Crippen molar-refractivity contribution in [2.45, 2.75) is 25.5 Å². The quantitative estimate of drug-likeness (QED) is 0.915. The molecule has 1 aromatic heterocycles. The first-order valence-corrected chi connectivity index (χ1v) is 7.40. The maximum absolute atomic E-state index is 12.1. The second kappa shape index (κ2) is 6.58. The van der Waals surface area contributed by atoms with Crippen LogP contribution in [0.5, 0.6) is 0 Å². The Morgan fingerprint density at radius 1 is 1.18 bits per heavy atom. The summed E-state index contributed by atoms with van der Waals surface area (Å²) in [6, 6.07) is 15.2. The van der Waals surface area contributed by atoms with Crippen molar-refractivity contribution in [2.24, 2.45) is 0 Å². The summed E-state index contributed by atoms with van der Waals surface area (Å²) >= 11 is 0. The van der Waals surface area contributed by atoms with Crippen molar-refractivity contribution in [3.05, 3.63) is 59.8 Å². The van der Waals surface area contributed by atoms with E-state index in [9.17, 15) is 4.79 Å². The molecule has 5 nitrogen and oxygen atoms in total. The molecule has 2 aromatic rings. The number of pyridine rings is 1. The first kappa shape index (κ1) is 14.5. The fraction of sp³-hybridized carbons (Fsp3) is 0.294. The zero-order chi connectivity index (χ0) is 15.4. The average Bonchev–Trinajstić information content (AvgIpc) is 2.96. The number of hydrogen-bond donors (Lipinski definition) is 2. The van der Waals surface area contributed by atoms with Gasteiger partial charge in [0.25, 0.3) is 0 Å². The van der Waals surface area contributed by atoms with Crippen LogP contribution in [-0.4, -0.2) is 23.7 Å². The molecule has 22 heavy (non-hydrogen) atoms. The minimum Gasteiger partial charge on any atom is -0.371 e. The molecule has 1 aromatic carbocycles. The normalized spacial score (nSPS) is 20.6. The molecule has 1 aliphatic heterocycles. The van der Waals surface area contributed by atoms with Gasteiger partial charge >= 0.3 is 6.03 Å². The molecule has 2 heterocycles. The second-order valence-corrected chi connectivity index (χ2v) is 5.36. The van der Waals surface area contributed by atoms with E-state index < -0.39 is 0 Å². The van der Waals surface area contributed by atoms with Crippen molar-refractivity contribution in [2.75, 3.05) is 11.9 Å². The van der Waals surface area contributed by atoms with Gasteiger partial charge in [0.15, 0.2) is 0 Å². The molecule has 0 unspecified atom stereocenters. The molecule has 0 aliphatic carbocycles. The number of hydrogen-bond acceptors (Lipinski definition) is 3. The number of urea groups is 1. The smallest absolute Gasteiger partial charge is 0.320 e. The van der Waals surface area contributed by atoms with Crippen LogP contribution in [-0.2, 0) is 4.74 Å². The van der Waals surface area contributed by atoms with E-state index in [4.69, 9.17) is 4.74 Å². The van der Waals surface area contributed by atoms with Crippen molar-refractivity contribution in [3.8, 4) is 0 Å². The first-order valence-electron chi connectivity index (χ1n) is 7.40. The minimum atomic E-state index is -0.255. The van der Waals surface area contributed by atoms with E-state index in [-0.39, 0.29) is 18.2 Å².